The normalized spacial score (nSPS) is 22.9. The van der Waals surface area contributed by atoms with Crippen molar-refractivity contribution in [1.82, 2.24) is 14.8 Å². The molecule has 2 saturated heterocycles. The molecule has 1 N–H and O–H groups in total. The van der Waals surface area contributed by atoms with Crippen LogP contribution in [0, 0.1) is 5.92 Å². The number of methoxy groups -OCH3 is 1. The van der Waals surface area contributed by atoms with Gasteiger partial charge in [0.1, 0.15) is 0 Å². The number of rotatable bonds is 6. The number of carbonyl (C=O) groups excluding carboxylic acids is 1. The molecule has 2 aliphatic heterocycles. The second-order valence-corrected chi connectivity index (χ2v) is 8.54. The predicted octanol–water partition coefficient (Wildman–Crippen LogP) is 3.94. The summed E-state index contributed by atoms with van der Waals surface area (Å²) in [6.45, 7) is 4.52. The molecule has 28 heavy (non-hydrogen) atoms. The van der Waals surface area contributed by atoms with Crippen molar-refractivity contribution < 1.29 is 9.53 Å². The summed E-state index contributed by atoms with van der Waals surface area (Å²) in [5, 5.41) is 4.79. The first-order valence-electron chi connectivity index (χ1n) is 10.5. The Morgan fingerprint density at radius 1 is 1.25 bits per heavy atom. The minimum absolute atomic E-state index is 0.00336. The molecular formula is C22H30ClN3O2. The topological polar surface area (TPSA) is 46.5 Å². The van der Waals surface area contributed by atoms with Crippen LogP contribution in [0.2, 0.25) is 5.02 Å². The molecule has 0 aliphatic carbocycles. The SMILES string of the molecule is COCCn1cc(C(=O)NC[C@H]2CCCN3CCCC[C@H]23)c2cc(Cl)ccc21. The van der Waals surface area contributed by atoms with Crippen LogP contribution in [0.15, 0.2) is 24.4 Å². The van der Waals surface area contributed by atoms with Gasteiger partial charge in [-0.05, 0) is 62.9 Å². The fourth-order valence-corrected chi connectivity index (χ4v) is 5.13. The number of fused-ring (bicyclic) bond motifs is 2. The van der Waals surface area contributed by atoms with E-state index in [9.17, 15) is 4.79 Å². The lowest BCUT2D eigenvalue weighted by Crippen LogP contribution is -2.51. The Morgan fingerprint density at radius 2 is 2.11 bits per heavy atom. The van der Waals surface area contributed by atoms with Crippen molar-refractivity contribution in [2.75, 3.05) is 33.4 Å². The van der Waals surface area contributed by atoms with E-state index in [0.717, 1.165) is 17.4 Å². The maximum Gasteiger partial charge on any atom is 0.253 e. The van der Waals surface area contributed by atoms with Crippen molar-refractivity contribution in [2.24, 2.45) is 5.92 Å². The van der Waals surface area contributed by atoms with Crippen LogP contribution < -0.4 is 5.32 Å². The van der Waals surface area contributed by atoms with E-state index < -0.39 is 0 Å². The molecule has 2 atom stereocenters. The van der Waals surface area contributed by atoms with Crippen LogP contribution in [-0.2, 0) is 11.3 Å². The van der Waals surface area contributed by atoms with Gasteiger partial charge in [-0.3, -0.25) is 4.79 Å². The van der Waals surface area contributed by atoms with Crippen molar-refractivity contribution in [3.8, 4) is 0 Å². The number of benzene rings is 1. The van der Waals surface area contributed by atoms with E-state index in [1.165, 1.54) is 45.2 Å². The molecule has 0 saturated carbocycles. The molecule has 1 aromatic heterocycles. The summed E-state index contributed by atoms with van der Waals surface area (Å²) < 4.78 is 7.29. The van der Waals surface area contributed by atoms with Gasteiger partial charge in [0.2, 0.25) is 0 Å². The smallest absolute Gasteiger partial charge is 0.253 e. The first kappa shape index (κ1) is 19.7. The second kappa shape index (κ2) is 8.85. The maximum absolute atomic E-state index is 13.0. The van der Waals surface area contributed by atoms with Crippen LogP contribution in [-0.4, -0.2) is 54.8 Å². The Labute approximate surface area is 172 Å². The molecule has 0 bridgehead atoms. The van der Waals surface area contributed by atoms with E-state index in [0.29, 0.717) is 35.7 Å². The molecule has 6 heteroatoms. The number of nitrogens with zero attached hydrogens (tertiary/aromatic N) is 2. The van der Waals surface area contributed by atoms with Gasteiger partial charge in [-0.2, -0.15) is 0 Å². The van der Waals surface area contributed by atoms with Crippen LogP contribution in [0.5, 0.6) is 0 Å². The number of aromatic nitrogens is 1. The van der Waals surface area contributed by atoms with Crippen LogP contribution >= 0.6 is 11.6 Å². The standard InChI is InChI=1S/C22H30ClN3O2/c1-28-12-11-26-15-19(18-13-17(23)7-8-21(18)26)22(27)24-14-16-5-4-10-25-9-3-2-6-20(16)25/h7-8,13,15-16,20H,2-6,9-12,14H2,1H3,(H,24,27)/t16-,20-/m1/s1. The molecule has 5 nitrogen and oxygen atoms in total. The van der Waals surface area contributed by atoms with Gasteiger partial charge in [0.25, 0.3) is 5.91 Å². The molecule has 0 unspecified atom stereocenters. The number of carbonyl (C=O) groups is 1. The molecule has 3 heterocycles. The van der Waals surface area contributed by atoms with E-state index in [4.69, 9.17) is 16.3 Å². The fourth-order valence-electron chi connectivity index (χ4n) is 4.96. The predicted molar refractivity (Wildman–Crippen MR) is 113 cm³/mol. The Balaban J connectivity index is 1.49. The third-order valence-corrected chi connectivity index (χ3v) is 6.61. The summed E-state index contributed by atoms with van der Waals surface area (Å²) >= 11 is 6.21. The third kappa shape index (κ3) is 4.07. The number of amides is 1. The van der Waals surface area contributed by atoms with Crippen LogP contribution in [0.25, 0.3) is 10.9 Å². The Hall–Kier alpha value is -1.56. The zero-order valence-electron chi connectivity index (χ0n) is 16.6. The number of hydrogen-bond acceptors (Lipinski definition) is 3. The quantitative estimate of drug-likeness (QED) is 0.794. The first-order chi connectivity index (χ1) is 13.7. The summed E-state index contributed by atoms with van der Waals surface area (Å²) in [6, 6.07) is 6.37. The fraction of sp³-hybridized carbons (Fsp3) is 0.591. The molecule has 2 aromatic rings. The summed E-state index contributed by atoms with van der Waals surface area (Å²) in [5.74, 6) is 0.555. The van der Waals surface area contributed by atoms with E-state index >= 15 is 0 Å². The van der Waals surface area contributed by atoms with Gasteiger partial charge >= 0.3 is 0 Å². The van der Waals surface area contributed by atoms with Crippen molar-refractivity contribution in [3.05, 3.63) is 35.0 Å². The van der Waals surface area contributed by atoms with Gasteiger partial charge in [-0.15, -0.1) is 0 Å². The third-order valence-electron chi connectivity index (χ3n) is 6.38. The molecule has 1 amide bonds. The van der Waals surface area contributed by atoms with Crippen molar-refractivity contribution in [2.45, 2.75) is 44.7 Å². The van der Waals surface area contributed by atoms with E-state index in [1.807, 2.05) is 24.4 Å². The highest BCUT2D eigenvalue weighted by molar-refractivity contribution is 6.31. The lowest BCUT2D eigenvalue weighted by atomic mass is 9.83. The summed E-state index contributed by atoms with van der Waals surface area (Å²) in [4.78, 5) is 15.7. The van der Waals surface area contributed by atoms with E-state index in [2.05, 4.69) is 14.8 Å². The minimum atomic E-state index is -0.00336. The number of piperidine rings is 2. The van der Waals surface area contributed by atoms with E-state index in [-0.39, 0.29) is 5.91 Å². The highest BCUT2D eigenvalue weighted by Gasteiger charge is 2.33. The molecule has 152 valence electrons. The number of nitrogens with one attached hydrogen (secondary N) is 1. The molecular weight excluding hydrogens is 374 g/mol. The van der Waals surface area contributed by atoms with Gasteiger partial charge in [0, 0.05) is 48.4 Å². The van der Waals surface area contributed by atoms with E-state index in [1.54, 1.807) is 7.11 Å². The average molecular weight is 404 g/mol. The van der Waals surface area contributed by atoms with Crippen molar-refractivity contribution >= 4 is 28.4 Å². The minimum Gasteiger partial charge on any atom is -0.383 e. The van der Waals surface area contributed by atoms with Gasteiger partial charge in [-0.1, -0.05) is 18.0 Å². The zero-order valence-corrected chi connectivity index (χ0v) is 17.4. The van der Waals surface area contributed by atoms with Gasteiger partial charge in [0.05, 0.1) is 12.2 Å². The molecule has 4 rings (SSSR count). The van der Waals surface area contributed by atoms with Gasteiger partial charge in [-0.25, -0.2) is 0 Å². The highest BCUT2D eigenvalue weighted by Crippen LogP contribution is 2.31. The highest BCUT2D eigenvalue weighted by atomic mass is 35.5. The summed E-state index contributed by atoms with van der Waals surface area (Å²) in [6.07, 6.45) is 8.29. The Morgan fingerprint density at radius 3 is 2.96 bits per heavy atom. The molecule has 1 aromatic carbocycles. The lowest BCUT2D eigenvalue weighted by molar-refractivity contribution is 0.0576. The maximum atomic E-state index is 13.0. The Bertz CT molecular complexity index is 833. The van der Waals surface area contributed by atoms with Crippen molar-refractivity contribution in [1.29, 1.82) is 0 Å². The monoisotopic (exact) mass is 403 g/mol. The van der Waals surface area contributed by atoms with Crippen LogP contribution in [0.1, 0.15) is 42.5 Å². The van der Waals surface area contributed by atoms with Crippen LogP contribution in [0.4, 0.5) is 0 Å². The van der Waals surface area contributed by atoms with Crippen LogP contribution in [0.3, 0.4) is 0 Å². The van der Waals surface area contributed by atoms with Crippen molar-refractivity contribution in [3.63, 3.8) is 0 Å². The average Bonchev–Trinajstić information content (AvgIpc) is 3.08. The molecule has 0 spiro atoms. The number of hydrogen-bond donors (Lipinski definition) is 1. The largest absolute Gasteiger partial charge is 0.383 e. The number of halogens is 1. The molecule has 2 fully saturated rings. The summed E-state index contributed by atoms with van der Waals surface area (Å²) in [5.41, 5.74) is 1.72. The van der Waals surface area contributed by atoms with Gasteiger partial charge in [0.15, 0.2) is 0 Å². The summed E-state index contributed by atoms with van der Waals surface area (Å²) in [7, 11) is 1.69. The first-order valence-corrected chi connectivity index (χ1v) is 10.8. The Kier molecular flexibility index (Phi) is 6.24. The van der Waals surface area contributed by atoms with Gasteiger partial charge < -0.3 is 19.5 Å². The lowest BCUT2D eigenvalue weighted by Gasteiger charge is -2.44. The molecule has 2 aliphatic rings. The number of ether oxygens (including phenoxy) is 1. The molecule has 0 radical (unpaired) electrons. The zero-order chi connectivity index (χ0) is 19.5. The second-order valence-electron chi connectivity index (χ2n) is 8.10.